The zero-order valence-corrected chi connectivity index (χ0v) is 7.40. The Hall–Kier alpha value is -1.40. The molecule has 4 nitrogen and oxygen atoms in total. The van der Waals surface area contributed by atoms with Crippen molar-refractivity contribution < 1.29 is 24.9 Å². The third-order valence-corrected chi connectivity index (χ3v) is 1.42. The van der Waals surface area contributed by atoms with Gasteiger partial charge in [0, 0.05) is 0 Å². The second-order valence-corrected chi connectivity index (χ2v) is 2.23. The predicted molar refractivity (Wildman–Crippen MR) is 47.0 cm³/mol. The van der Waals surface area contributed by atoms with Gasteiger partial charge < -0.3 is 11.0 Å². The maximum atomic E-state index is 12.6. The Morgan fingerprint density at radius 3 is 2.43 bits per heavy atom. The Morgan fingerprint density at radius 2 is 2.00 bits per heavy atom. The minimum absolute atomic E-state index is 0. The number of hydrogen-bond acceptors (Lipinski definition) is 4. The first-order valence-corrected chi connectivity index (χ1v) is 3.28. The third kappa shape index (κ3) is 3.16. The topological polar surface area (TPSA) is 86.3 Å². The first-order valence-electron chi connectivity index (χ1n) is 3.28. The van der Waals surface area contributed by atoms with Crippen LogP contribution in [0.4, 0.5) is 4.39 Å². The molecule has 0 bridgehead atoms. The minimum Gasteiger partial charge on any atom is -0.870 e. The molecular weight excluding hydrogens is 190 g/mol. The second kappa shape index (κ2) is 6.12. The van der Waals surface area contributed by atoms with Crippen LogP contribution >= 0.6 is 0 Å². The van der Waals surface area contributed by atoms with Gasteiger partial charge in [0.1, 0.15) is 0 Å². The number of carbonyl (C=O) groups excluding carboxylic acids is 1. The van der Waals surface area contributed by atoms with Crippen LogP contribution in [0, 0.1) is 5.82 Å². The van der Waals surface area contributed by atoms with Crippen LogP contribution in [0.3, 0.4) is 0 Å². The van der Waals surface area contributed by atoms with Crippen LogP contribution in [-0.2, 0) is 4.74 Å². The summed E-state index contributed by atoms with van der Waals surface area (Å²) in [6, 6.07) is 3.68. The molecule has 0 atom stereocenters. The van der Waals surface area contributed by atoms with Gasteiger partial charge in [0.25, 0.3) is 0 Å². The van der Waals surface area contributed by atoms with Gasteiger partial charge in [0.05, 0.1) is 0 Å². The van der Waals surface area contributed by atoms with E-state index in [0.29, 0.717) is 0 Å². The summed E-state index contributed by atoms with van der Waals surface area (Å²) >= 11 is 0. The summed E-state index contributed by atoms with van der Waals surface area (Å²) in [5, 5.41) is 0. The Morgan fingerprint density at radius 1 is 1.43 bits per heavy atom. The zero-order valence-electron chi connectivity index (χ0n) is 7.40. The van der Waals surface area contributed by atoms with E-state index in [1.165, 1.54) is 19.2 Å². The molecule has 1 aromatic carbocycles. The van der Waals surface area contributed by atoms with Gasteiger partial charge in [-0.15, -0.1) is 0 Å². The van der Waals surface area contributed by atoms with Crippen molar-refractivity contribution in [2.75, 3.05) is 7.11 Å². The molecular formula is C8H8BFO4. The molecule has 6 heteroatoms. The third-order valence-electron chi connectivity index (χ3n) is 1.42. The van der Waals surface area contributed by atoms with Gasteiger partial charge in [-0.3, -0.25) is 0 Å². The molecule has 0 amide bonds. The SMILES string of the molecule is [B+2]c1cc(C(=O)OC)ccc1F.[OH-].[OH-]. The molecule has 1 aromatic rings. The van der Waals surface area contributed by atoms with E-state index in [1.807, 2.05) is 0 Å². The van der Waals surface area contributed by atoms with E-state index in [2.05, 4.69) is 4.74 Å². The number of halogens is 1. The molecule has 0 aliphatic rings. The number of ether oxygens (including phenoxy) is 1. The zero-order chi connectivity index (χ0) is 9.14. The van der Waals surface area contributed by atoms with E-state index >= 15 is 0 Å². The average Bonchev–Trinajstić information content (AvgIpc) is 2.08. The van der Waals surface area contributed by atoms with E-state index in [-0.39, 0.29) is 22.0 Å². The van der Waals surface area contributed by atoms with Crippen LogP contribution in [0.1, 0.15) is 10.4 Å². The van der Waals surface area contributed by atoms with Crippen molar-refractivity contribution in [3.05, 3.63) is 29.6 Å². The summed E-state index contributed by atoms with van der Waals surface area (Å²) in [5.41, 5.74) is 0.189. The van der Waals surface area contributed by atoms with Crippen LogP contribution in [0.5, 0.6) is 0 Å². The number of methoxy groups -OCH3 is 1. The van der Waals surface area contributed by atoms with Crippen molar-refractivity contribution in [1.29, 1.82) is 0 Å². The number of rotatable bonds is 1. The number of esters is 1. The van der Waals surface area contributed by atoms with Crippen molar-refractivity contribution in [3.8, 4) is 0 Å². The molecule has 0 fully saturated rings. The average molecular weight is 198 g/mol. The minimum atomic E-state index is -0.539. The van der Waals surface area contributed by atoms with Crippen molar-refractivity contribution in [1.82, 2.24) is 0 Å². The molecule has 1 rings (SSSR count). The molecule has 74 valence electrons. The predicted octanol–water partition coefficient (Wildman–Crippen LogP) is 0.0525. The molecule has 14 heavy (non-hydrogen) atoms. The largest absolute Gasteiger partial charge is 0.870 e. The van der Waals surface area contributed by atoms with Gasteiger partial charge in [0.15, 0.2) is 0 Å². The Balaban J connectivity index is 0. The second-order valence-electron chi connectivity index (χ2n) is 2.23. The summed E-state index contributed by atoms with van der Waals surface area (Å²) in [4.78, 5) is 10.9. The first kappa shape index (κ1) is 15.1. The summed E-state index contributed by atoms with van der Waals surface area (Å²) in [6.07, 6.45) is 0. The standard InChI is InChI=1S/C8H6BFO2.2H2O/c1-12-8(11)5-2-3-7(10)6(9)4-5;;/h2-4H,1H3;2*1H2/q+2;;/p-2. The van der Waals surface area contributed by atoms with Gasteiger partial charge in [0.2, 0.25) is 0 Å². The van der Waals surface area contributed by atoms with Gasteiger partial charge in [-0.1, -0.05) is 0 Å². The first-order chi connectivity index (χ1) is 5.65. The molecule has 2 N–H and O–H groups in total. The van der Waals surface area contributed by atoms with Gasteiger partial charge >= 0.3 is 69.9 Å². The summed E-state index contributed by atoms with van der Waals surface area (Å²) in [7, 11) is 6.48. The molecule has 0 aliphatic carbocycles. The fourth-order valence-electron chi connectivity index (χ4n) is 0.789. The maximum Gasteiger partial charge on any atom is -0.870 e. The van der Waals surface area contributed by atoms with E-state index in [0.717, 1.165) is 6.07 Å². The monoisotopic (exact) mass is 198 g/mol. The molecule has 0 spiro atoms. The molecule has 0 aliphatic heterocycles. The van der Waals surface area contributed by atoms with E-state index in [1.54, 1.807) is 0 Å². The molecule has 0 saturated carbocycles. The molecule has 0 radical (unpaired) electrons. The normalized spacial score (nSPS) is 8.29. The van der Waals surface area contributed by atoms with Crippen LogP contribution in [-0.4, -0.2) is 31.9 Å². The summed E-state index contributed by atoms with van der Waals surface area (Å²) in [6.45, 7) is 0. The van der Waals surface area contributed by atoms with Crippen LogP contribution in [0.2, 0.25) is 0 Å². The van der Waals surface area contributed by atoms with Crippen LogP contribution in [0.25, 0.3) is 0 Å². The van der Waals surface area contributed by atoms with Gasteiger partial charge in [-0.05, 0) is 0 Å². The van der Waals surface area contributed by atoms with Crippen molar-refractivity contribution in [2.45, 2.75) is 0 Å². The van der Waals surface area contributed by atoms with Gasteiger partial charge in [-0.2, -0.15) is 0 Å². The van der Waals surface area contributed by atoms with Crippen molar-refractivity contribution in [3.63, 3.8) is 0 Å². The number of benzene rings is 1. The molecule has 0 aromatic heterocycles. The Bertz CT molecular complexity index is 316. The van der Waals surface area contributed by atoms with Crippen molar-refractivity contribution >= 4 is 19.3 Å². The summed E-state index contributed by atoms with van der Waals surface area (Å²) in [5.74, 6) is -1.07. The van der Waals surface area contributed by atoms with Gasteiger partial charge in [-0.25, -0.2) is 0 Å². The van der Waals surface area contributed by atoms with E-state index < -0.39 is 11.8 Å². The smallest absolute Gasteiger partial charge is 0.870 e. The number of carbonyl (C=O) groups is 1. The van der Waals surface area contributed by atoms with E-state index in [9.17, 15) is 9.18 Å². The Labute approximate surface area is 81.7 Å². The van der Waals surface area contributed by atoms with E-state index in [4.69, 9.17) is 7.85 Å². The summed E-state index contributed by atoms with van der Waals surface area (Å²) < 4.78 is 17.0. The van der Waals surface area contributed by atoms with Crippen molar-refractivity contribution in [2.24, 2.45) is 0 Å². The fourth-order valence-corrected chi connectivity index (χ4v) is 0.789. The quantitative estimate of drug-likeness (QED) is 0.471. The maximum absolute atomic E-state index is 12.6. The molecule has 0 saturated heterocycles. The number of hydrogen-bond donors (Lipinski definition) is 0. The Kier molecular flexibility index (Phi) is 6.60. The van der Waals surface area contributed by atoms with Crippen LogP contribution < -0.4 is 5.46 Å². The van der Waals surface area contributed by atoms with Crippen LogP contribution in [0.15, 0.2) is 18.2 Å². The fraction of sp³-hybridized carbons (Fsp3) is 0.125. The molecule has 0 unspecified atom stereocenters. The molecule has 0 heterocycles.